The first-order valence-corrected chi connectivity index (χ1v) is 9.40. The van der Waals surface area contributed by atoms with Crippen molar-refractivity contribution in [3.63, 3.8) is 0 Å². The quantitative estimate of drug-likeness (QED) is 0.620. The van der Waals surface area contributed by atoms with Gasteiger partial charge in [-0.3, -0.25) is 0 Å². The summed E-state index contributed by atoms with van der Waals surface area (Å²) in [7, 11) is 2.02. The number of halogens is 1. The van der Waals surface area contributed by atoms with E-state index in [1.807, 2.05) is 19.2 Å². The van der Waals surface area contributed by atoms with E-state index in [4.69, 9.17) is 0 Å². The molecular weight excluding hydrogens is 343 g/mol. The van der Waals surface area contributed by atoms with Gasteiger partial charge in [-0.1, -0.05) is 12.1 Å². The molecule has 2 aromatic carbocycles. The monoisotopic (exact) mass is 366 g/mol. The number of phenols is 1. The highest BCUT2D eigenvalue weighted by Gasteiger charge is 2.57. The Balaban J connectivity index is 1.73. The fourth-order valence-electron chi connectivity index (χ4n) is 5.31. The molecule has 27 heavy (non-hydrogen) atoms. The number of aromatic hydroxyl groups is 1. The SMILES string of the molecule is CN1CCC2(c3cccc(O)c3)Cc3[nH]c4ccc(F)cc4c3CC2(O)C1. The summed E-state index contributed by atoms with van der Waals surface area (Å²) < 4.78 is 13.8. The van der Waals surface area contributed by atoms with Gasteiger partial charge < -0.3 is 20.1 Å². The number of fused-ring (bicyclic) bond motifs is 4. The van der Waals surface area contributed by atoms with E-state index in [1.54, 1.807) is 24.3 Å². The van der Waals surface area contributed by atoms with E-state index < -0.39 is 11.0 Å². The third kappa shape index (κ3) is 2.35. The van der Waals surface area contributed by atoms with Crippen LogP contribution in [0.2, 0.25) is 0 Å². The number of piperidine rings is 1. The molecular formula is C22H23FN2O2. The Bertz CT molecular complexity index is 1050. The number of phenolic OH excluding ortho intramolecular Hbond substituents is 1. The van der Waals surface area contributed by atoms with Gasteiger partial charge in [-0.15, -0.1) is 0 Å². The summed E-state index contributed by atoms with van der Waals surface area (Å²) in [6.45, 7) is 1.42. The first-order chi connectivity index (χ1) is 12.9. The summed E-state index contributed by atoms with van der Waals surface area (Å²) in [6, 6.07) is 12.1. The zero-order valence-electron chi connectivity index (χ0n) is 15.3. The van der Waals surface area contributed by atoms with Gasteiger partial charge in [0, 0.05) is 41.4 Å². The third-order valence-electron chi connectivity index (χ3n) is 6.65. The number of hydrogen-bond donors (Lipinski definition) is 3. The van der Waals surface area contributed by atoms with Gasteiger partial charge in [0.2, 0.25) is 0 Å². The molecule has 2 heterocycles. The number of β-amino-alcohol motifs (C(OH)–C–C–N with tert-alkyl or cyclic N) is 1. The Morgan fingerprint density at radius 2 is 2.00 bits per heavy atom. The number of likely N-dealkylation sites (N-methyl/N-ethyl adjacent to an activating group) is 1. The van der Waals surface area contributed by atoms with E-state index in [-0.39, 0.29) is 11.6 Å². The summed E-state index contributed by atoms with van der Waals surface area (Å²) in [5.74, 6) is -0.0467. The molecule has 5 rings (SSSR count). The van der Waals surface area contributed by atoms with Crippen LogP contribution in [0.3, 0.4) is 0 Å². The molecule has 2 aliphatic rings. The Morgan fingerprint density at radius 3 is 2.81 bits per heavy atom. The van der Waals surface area contributed by atoms with Crippen molar-refractivity contribution >= 4 is 10.9 Å². The number of aromatic nitrogens is 1. The Kier molecular flexibility index (Phi) is 3.46. The first kappa shape index (κ1) is 16.8. The van der Waals surface area contributed by atoms with E-state index in [9.17, 15) is 14.6 Å². The van der Waals surface area contributed by atoms with E-state index in [0.29, 0.717) is 19.4 Å². The molecule has 0 amide bonds. The van der Waals surface area contributed by atoms with Crippen molar-refractivity contribution in [2.75, 3.05) is 20.1 Å². The molecule has 0 radical (unpaired) electrons. The van der Waals surface area contributed by atoms with Crippen LogP contribution < -0.4 is 0 Å². The van der Waals surface area contributed by atoms with Gasteiger partial charge >= 0.3 is 0 Å². The number of aromatic amines is 1. The van der Waals surface area contributed by atoms with Crippen LogP contribution in [0.1, 0.15) is 23.2 Å². The highest BCUT2D eigenvalue weighted by atomic mass is 19.1. The molecule has 5 heteroatoms. The maximum Gasteiger partial charge on any atom is 0.123 e. The number of nitrogens with one attached hydrogen (secondary N) is 1. The topological polar surface area (TPSA) is 59.5 Å². The van der Waals surface area contributed by atoms with Crippen LogP contribution in [-0.2, 0) is 18.3 Å². The van der Waals surface area contributed by atoms with Crippen LogP contribution >= 0.6 is 0 Å². The lowest BCUT2D eigenvalue weighted by Gasteiger charge is -2.55. The normalized spacial score (nSPS) is 28.1. The molecule has 1 aliphatic carbocycles. The zero-order chi connectivity index (χ0) is 18.8. The lowest BCUT2D eigenvalue weighted by molar-refractivity contribution is -0.0972. The molecule has 2 atom stereocenters. The molecule has 3 N–H and O–H groups in total. The molecule has 0 saturated carbocycles. The Hall–Kier alpha value is -2.37. The average molecular weight is 366 g/mol. The second-order valence-corrected chi connectivity index (χ2v) is 8.28. The molecule has 1 aliphatic heterocycles. The Labute approximate surface area is 157 Å². The van der Waals surface area contributed by atoms with Crippen molar-refractivity contribution in [1.82, 2.24) is 9.88 Å². The molecule has 2 unspecified atom stereocenters. The van der Waals surface area contributed by atoms with Gasteiger partial charge in [-0.2, -0.15) is 0 Å². The van der Waals surface area contributed by atoms with Crippen LogP contribution in [0, 0.1) is 5.82 Å². The molecule has 3 aromatic rings. The number of hydrogen-bond acceptors (Lipinski definition) is 3. The van der Waals surface area contributed by atoms with Gasteiger partial charge in [0.15, 0.2) is 0 Å². The summed E-state index contributed by atoms with van der Waals surface area (Å²) in [4.78, 5) is 5.61. The lowest BCUT2D eigenvalue weighted by Crippen LogP contribution is -2.65. The van der Waals surface area contributed by atoms with Crippen LogP contribution in [0.4, 0.5) is 4.39 Å². The van der Waals surface area contributed by atoms with Crippen LogP contribution in [0.5, 0.6) is 5.75 Å². The van der Waals surface area contributed by atoms with Gasteiger partial charge in [0.1, 0.15) is 11.6 Å². The smallest absolute Gasteiger partial charge is 0.123 e. The van der Waals surface area contributed by atoms with Gasteiger partial charge in [0.25, 0.3) is 0 Å². The molecule has 0 bridgehead atoms. The van der Waals surface area contributed by atoms with Crippen LogP contribution in [0.15, 0.2) is 42.5 Å². The number of nitrogens with zero attached hydrogens (tertiary/aromatic N) is 1. The maximum atomic E-state index is 13.8. The van der Waals surface area contributed by atoms with Gasteiger partial charge in [-0.05, 0) is 61.5 Å². The zero-order valence-corrected chi connectivity index (χ0v) is 15.3. The maximum absolute atomic E-state index is 13.8. The van der Waals surface area contributed by atoms with E-state index in [1.165, 1.54) is 6.07 Å². The summed E-state index contributed by atoms with van der Waals surface area (Å²) in [5, 5.41) is 22.8. The first-order valence-electron chi connectivity index (χ1n) is 9.40. The number of aliphatic hydroxyl groups is 1. The molecule has 1 aromatic heterocycles. The second-order valence-electron chi connectivity index (χ2n) is 8.28. The van der Waals surface area contributed by atoms with Crippen molar-refractivity contribution in [3.05, 3.63) is 65.1 Å². The number of likely N-dealkylation sites (tertiary alicyclic amines) is 1. The largest absolute Gasteiger partial charge is 0.508 e. The molecule has 1 fully saturated rings. The standard InChI is InChI=1S/C22H23FN2O2/c1-25-8-7-21(14-3-2-4-16(26)9-14)12-20-18(11-22(21,27)13-25)17-10-15(23)5-6-19(17)24-20/h2-6,9-10,24,26-27H,7-8,11-13H2,1H3. The lowest BCUT2D eigenvalue weighted by atomic mass is 9.56. The fraction of sp³-hybridized carbons (Fsp3) is 0.364. The average Bonchev–Trinajstić information content (AvgIpc) is 2.95. The molecule has 0 spiro atoms. The predicted molar refractivity (Wildman–Crippen MR) is 103 cm³/mol. The number of H-pyrrole nitrogens is 1. The molecule has 4 nitrogen and oxygen atoms in total. The van der Waals surface area contributed by atoms with Crippen molar-refractivity contribution in [1.29, 1.82) is 0 Å². The van der Waals surface area contributed by atoms with Gasteiger partial charge in [0.05, 0.1) is 5.60 Å². The highest BCUT2D eigenvalue weighted by molar-refractivity contribution is 5.85. The predicted octanol–water partition coefficient (Wildman–Crippen LogP) is 3.12. The minimum Gasteiger partial charge on any atom is -0.508 e. The van der Waals surface area contributed by atoms with E-state index in [0.717, 1.165) is 40.7 Å². The van der Waals surface area contributed by atoms with Crippen molar-refractivity contribution in [2.24, 2.45) is 0 Å². The number of rotatable bonds is 1. The minimum atomic E-state index is -0.984. The van der Waals surface area contributed by atoms with Crippen molar-refractivity contribution < 1.29 is 14.6 Å². The summed E-state index contributed by atoms with van der Waals surface area (Å²) >= 11 is 0. The third-order valence-corrected chi connectivity index (χ3v) is 6.65. The van der Waals surface area contributed by atoms with Gasteiger partial charge in [-0.25, -0.2) is 4.39 Å². The summed E-state index contributed by atoms with van der Waals surface area (Å²) in [5.41, 5.74) is 2.48. The Morgan fingerprint density at radius 1 is 1.15 bits per heavy atom. The van der Waals surface area contributed by atoms with Crippen molar-refractivity contribution in [3.8, 4) is 5.75 Å². The molecule has 140 valence electrons. The van der Waals surface area contributed by atoms with Crippen LogP contribution in [0.25, 0.3) is 10.9 Å². The van der Waals surface area contributed by atoms with Crippen molar-refractivity contribution in [2.45, 2.75) is 30.3 Å². The van der Waals surface area contributed by atoms with E-state index >= 15 is 0 Å². The summed E-state index contributed by atoms with van der Waals surface area (Å²) in [6.07, 6.45) is 1.91. The van der Waals surface area contributed by atoms with Crippen LogP contribution in [-0.4, -0.2) is 45.8 Å². The fourth-order valence-corrected chi connectivity index (χ4v) is 5.31. The second kappa shape index (κ2) is 5.57. The minimum absolute atomic E-state index is 0.215. The highest BCUT2D eigenvalue weighted by Crippen LogP contribution is 2.51. The van der Waals surface area contributed by atoms with E-state index in [2.05, 4.69) is 9.88 Å². The number of benzene rings is 2. The molecule has 1 saturated heterocycles.